The van der Waals surface area contributed by atoms with Crippen molar-refractivity contribution in [1.82, 2.24) is 0 Å². The quantitative estimate of drug-likeness (QED) is 0.0272. The van der Waals surface area contributed by atoms with Gasteiger partial charge in [0.15, 0.2) is 6.10 Å². The highest BCUT2D eigenvalue weighted by atomic mass is 31.2. The van der Waals surface area contributed by atoms with Gasteiger partial charge >= 0.3 is 19.8 Å². The number of unbranched alkanes of at least 4 members (excludes halogenated alkanes) is 20. The number of rotatable bonds is 39. The zero-order valence-electron chi connectivity index (χ0n) is 33.3. The second-order valence-corrected chi connectivity index (χ2v) is 15.3. The fourth-order valence-corrected chi connectivity index (χ4v) is 6.36. The summed E-state index contributed by atoms with van der Waals surface area (Å²) in [5.74, 6) is -0.853. The molecule has 2 atom stereocenters. The molecule has 0 amide bonds. The number of phosphoric ester groups is 1. The fraction of sp³-hybridized carbons (Fsp3) is 0.810. The molecule has 0 aliphatic rings. The molecule has 52 heavy (non-hydrogen) atoms. The van der Waals surface area contributed by atoms with Crippen LogP contribution >= 0.6 is 7.82 Å². The van der Waals surface area contributed by atoms with Crippen molar-refractivity contribution in [2.75, 3.05) is 26.4 Å². The lowest BCUT2D eigenvalue weighted by Gasteiger charge is -2.19. The van der Waals surface area contributed by atoms with E-state index in [0.717, 1.165) is 77.0 Å². The molecule has 0 aliphatic carbocycles. The van der Waals surface area contributed by atoms with Crippen LogP contribution in [0.25, 0.3) is 0 Å². The van der Waals surface area contributed by atoms with Crippen LogP contribution in [0, 0.1) is 0 Å². The predicted octanol–water partition coefficient (Wildman–Crippen LogP) is 11.8. The molecule has 0 heterocycles. The normalized spacial score (nSPS) is 13.7. The molecule has 0 saturated heterocycles. The molecule has 1 unspecified atom stereocenters. The van der Waals surface area contributed by atoms with Crippen LogP contribution in [-0.4, -0.2) is 49.3 Å². The molecular weight excluding hydrogens is 677 g/mol. The molecule has 10 heteroatoms. The summed E-state index contributed by atoms with van der Waals surface area (Å²) in [7, 11) is -4.38. The molecule has 0 fully saturated rings. The Balaban J connectivity index is 4.21. The van der Waals surface area contributed by atoms with E-state index in [2.05, 4.69) is 50.3 Å². The summed E-state index contributed by atoms with van der Waals surface area (Å²) in [6, 6.07) is 0. The summed E-state index contributed by atoms with van der Waals surface area (Å²) in [5, 5.41) is 0. The van der Waals surface area contributed by atoms with E-state index in [-0.39, 0.29) is 32.6 Å². The second kappa shape index (κ2) is 38.9. The Morgan fingerprint density at radius 2 is 1.00 bits per heavy atom. The number of allylic oxidation sites excluding steroid dienone is 6. The average Bonchev–Trinajstić information content (AvgIpc) is 3.13. The van der Waals surface area contributed by atoms with Crippen LogP contribution in [0.5, 0.6) is 0 Å². The van der Waals surface area contributed by atoms with Crippen LogP contribution < -0.4 is 5.73 Å². The minimum Gasteiger partial charge on any atom is -0.462 e. The molecule has 0 rings (SSSR count). The lowest BCUT2D eigenvalue weighted by molar-refractivity contribution is -0.161. The second-order valence-electron chi connectivity index (χ2n) is 13.8. The van der Waals surface area contributed by atoms with Gasteiger partial charge in [0, 0.05) is 19.4 Å². The number of hydrogen-bond acceptors (Lipinski definition) is 8. The number of phosphoric acid groups is 1. The van der Waals surface area contributed by atoms with Crippen molar-refractivity contribution in [3.05, 3.63) is 36.5 Å². The van der Waals surface area contributed by atoms with Crippen LogP contribution in [-0.2, 0) is 32.7 Å². The van der Waals surface area contributed by atoms with Gasteiger partial charge in [-0.1, -0.05) is 140 Å². The van der Waals surface area contributed by atoms with Gasteiger partial charge in [-0.2, -0.15) is 0 Å². The van der Waals surface area contributed by atoms with Gasteiger partial charge in [0.25, 0.3) is 0 Å². The summed E-state index contributed by atoms with van der Waals surface area (Å²) in [4.78, 5) is 34.8. The highest BCUT2D eigenvalue weighted by Crippen LogP contribution is 2.43. The van der Waals surface area contributed by atoms with E-state index >= 15 is 0 Å². The fourth-order valence-electron chi connectivity index (χ4n) is 5.60. The van der Waals surface area contributed by atoms with Crippen molar-refractivity contribution >= 4 is 19.8 Å². The lowest BCUT2D eigenvalue weighted by atomic mass is 10.1. The predicted molar refractivity (Wildman–Crippen MR) is 215 cm³/mol. The van der Waals surface area contributed by atoms with Crippen molar-refractivity contribution < 1.29 is 37.6 Å². The Bertz CT molecular complexity index is 954. The standard InChI is InChI=1S/C42H78NO8P/c1-3-5-7-9-11-13-15-17-19-21-22-24-26-28-30-32-34-41(44)48-38-40(39-50-52(46,47)49-37-36-43)51-42(45)35-33-31-29-27-25-23-20-18-16-14-12-10-8-6-4-2/h12,14,18-21,40H,3-11,13,15-17,22-39,43H2,1-2H3,(H,46,47)/b14-12-,20-18-,21-19-/t40-/m1/s1. The molecule has 0 aromatic rings. The summed E-state index contributed by atoms with van der Waals surface area (Å²) in [6.07, 6.45) is 41.7. The number of ether oxygens (including phenoxy) is 2. The molecule has 0 aromatic carbocycles. The monoisotopic (exact) mass is 756 g/mol. The first kappa shape index (κ1) is 50.2. The van der Waals surface area contributed by atoms with Crippen molar-refractivity contribution in [1.29, 1.82) is 0 Å². The van der Waals surface area contributed by atoms with E-state index in [4.69, 9.17) is 24.3 Å². The highest BCUT2D eigenvalue weighted by molar-refractivity contribution is 7.47. The maximum atomic E-state index is 12.5. The lowest BCUT2D eigenvalue weighted by Crippen LogP contribution is -2.29. The van der Waals surface area contributed by atoms with Crippen molar-refractivity contribution in [2.24, 2.45) is 5.73 Å². The number of esters is 2. The zero-order chi connectivity index (χ0) is 38.2. The number of carbonyl (C=O) groups is 2. The first-order valence-electron chi connectivity index (χ1n) is 21.0. The maximum absolute atomic E-state index is 12.5. The summed E-state index contributed by atoms with van der Waals surface area (Å²) in [6.45, 7) is 3.68. The van der Waals surface area contributed by atoms with Gasteiger partial charge in [0.1, 0.15) is 6.61 Å². The Morgan fingerprint density at radius 3 is 1.52 bits per heavy atom. The average molecular weight is 756 g/mol. The van der Waals surface area contributed by atoms with Crippen molar-refractivity contribution in [3.63, 3.8) is 0 Å². The molecule has 0 aliphatic heterocycles. The minimum atomic E-state index is -4.38. The van der Waals surface area contributed by atoms with Crippen LogP contribution in [0.1, 0.15) is 187 Å². The number of carbonyl (C=O) groups excluding carboxylic acids is 2. The van der Waals surface area contributed by atoms with Gasteiger partial charge in [-0.05, 0) is 70.6 Å². The summed E-state index contributed by atoms with van der Waals surface area (Å²) < 4.78 is 32.7. The van der Waals surface area contributed by atoms with E-state index in [1.165, 1.54) is 77.0 Å². The van der Waals surface area contributed by atoms with E-state index in [9.17, 15) is 19.0 Å². The molecule has 0 bridgehead atoms. The molecular formula is C42H78NO8P. The Labute approximate surface area is 318 Å². The molecule has 0 spiro atoms. The summed E-state index contributed by atoms with van der Waals surface area (Å²) >= 11 is 0. The maximum Gasteiger partial charge on any atom is 0.472 e. The van der Waals surface area contributed by atoms with E-state index in [1.54, 1.807) is 0 Å². The summed E-state index contributed by atoms with van der Waals surface area (Å²) in [5.41, 5.74) is 5.34. The highest BCUT2D eigenvalue weighted by Gasteiger charge is 2.26. The first-order valence-corrected chi connectivity index (χ1v) is 22.5. The third kappa shape index (κ3) is 38.0. The molecule has 304 valence electrons. The van der Waals surface area contributed by atoms with E-state index in [0.29, 0.717) is 6.42 Å². The van der Waals surface area contributed by atoms with Crippen molar-refractivity contribution in [3.8, 4) is 0 Å². The van der Waals surface area contributed by atoms with Crippen LogP contribution in [0.3, 0.4) is 0 Å². The Morgan fingerprint density at radius 1 is 0.577 bits per heavy atom. The van der Waals surface area contributed by atoms with Crippen LogP contribution in [0.15, 0.2) is 36.5 Å². The SMILES string of the molecule is CCCCC/C=C\C/C=C\CCCCCCCC(=O)O[C@H](COC(=O)CCCCCCC/C=C\CCCCCCCCC)COP(=O)(O)OCCN. The third-order valence-corrected chi connectivity index (χ3v) is 9.73. The largest absolute Gasteiger partial charge is 0.472 e. The number of hydrogen-bond donors (Lipinski definition) is 2. The minimum absolute atomic E-state index is 0.0495. The van der Waals surface area contributed by atoms with Gasteiger partial charge in [0.2, 0.25) is 0 Å². The Hall–Kier alpha value is -1.77. The van der Waals surface area contributed by atoms with Gasteiger partial charge in [-0.3, -0.25) is 18.6 Å². The van der Waals surface area contributed by atoms with Crippen LogP contribution in [0.4, 0.5) is 0 Å². The van der Waals surface area contributed by atoms with Crippen LogP contribution in [0.2, 0.25) is 0 Å². The van der Waals surface area contributed by atoms with Gasteiger partial charge in [-0.25, -0.2) is 4.57 Å². The van der Waals surface area contributed by atoms with Gasteiger partial charge in [0.05, 0.1) is 13.2 Å². The molecule has 0 saturated carbocycles. The van der Waals surface area contributed by atoms with E-state index in [1.807, 2.05) is 0 Å². The molecule has 0 radical (unpaired) electrons. The molecule has 0 aromatic heterocycles. The zero-order valence-corrected chi connectivity index (χ0v) is 34.2. The smallest absolute Gasteiger partial charge is 0.462 e. The van der Waals surface area contributed by atoms with Gasteiger partial charge < -0.3 is 20.1 Å². The number of nitrogens with two attached hydrogens (primary N) is 1. The molecule has 3 N–H and O–H groups in total. The molecule has 9 nitrogen and oxygen atoms in total. The topological polar surface area (TPSA) is 134 Å². The van der Waals surface area contributed by atoms with Gasteiger partial charge in [-0.15, -0.1) is 0 Å². The first-order chi connectivity index (χ1) is 25.3. The van der Waals surface area contributed by atoms with Crippen molar-refractivity contribution in [2.45, 2.75) is 193 Å². The van der Waals surface area contributed by atoms with E-state index < -0.39 is 32.5 Å². The Kier molecular flexibility index (Phi) is 37.6. The third-order valence-electron chi connectivity index (χ3n) is 8.75.